The third-order valence-electron chi connectivity index (χ3n) is 3.02. The molecule has 0 saturated heterocycles. The lowest BCUT2D eigenvalue weighted by molar-refractivity contribution is -0.137. The van der Waals surface area contributed by atoms with Crippen LogP contribution in [0.3, 0.4) is 0 Å². The molecule has 0 amide bonds. The van der Waals surface area contributed by atoms with Crippen LogP contribution in [0.4, 0.5) is 0 Å². The number of methoxy groups -OCH3 is 2. The first-order chi connectivity index (χ1) is 10.1. The van der Waals surface area contributed by atoms with Crippen molar-refractivity contribution in [3.05, 3.63) is 18.2 Å². The number of carboxylic acid groups (broad SMARTS) is 1. The molecule has 8 heteroatoms. The average molecular weight is 292 g/mol. The summed E-state index contributed by atoms with van der Waals surface area (Å²) >= 11 is 0. The molecule has 8 nitrogen and oxygen atoms in total. The highest BCUT2D eigenvalue weighted by molar-refractivity contribution is 5.69. The first-order valence-corrected chi connectivity index (χ1v) is 6.29. The first-order valence-electron chi connectivity index (χ1n) is 6.29. The zero-order valence-electron chi connectivity index (χ0n) is 12.0. The third-order valence-corrected chi connectivity index (χ3v) is 3.02. The number of nitrogens with zero attached hydrogens (tertiary/aromatic N) is 4. The van der Waals surface area contributed by atoms with E-state index in [4.69, 9.17) is 14.6 Å². The lowest BCUT2D eigenvalue weighted by Crippen LogP contribution is -2.13. The molecule has 1 unspecified atom stereocenters. The number of tetrazole rings is 1. The molecule has 1 aromatic carbocycles. The zero-order valence-corrected chi connectivity index (χ0v) is 12.0. The van der Waals surface area contributed by atoms with E-state index in [1.54, 1.807) is 25.1 Å². The minimum atomic E-state index is -0.915. The largest absolute Gasteiger partial charge is 0.493 e. The van der Waals surface area contributed by atoms with E-state index in [-0.39, 0.29) is 12.5 Å². The van der Waals surface area contributed by atoms with Gasteiger partial charge in [0.15, 0.2) is 17.3 Å². The normalized spacial score (nSPS) is 12.0. The highest BCUT2D eigenvalue weighted by Gasteiger charge is 2.21. The second kappa shape index (κ2) is 6.21. The summed E-state index contributed by atoms with van der Waals surface area (Å²) in [6, 6.07) is 4.95. The van der Waals surface area contributed by atoms with Crippen molar-refractivity contribution in [3.8, 4) is 22.9 Å². The minimum absolute atomic E-state index is 0.0790. The molecule has 0 aliphatic rings. The van der Waals surface area contributed by atoms with Gasteiger partial charge in [0.2, 0.25) is 0 Å². The summed E-state index contributed by atoms with van der Waals surface area (Å²) in [4.78, 5) is 10.8. The SMILES string of the molecule is COc1cccc(-c2nnnn2C(C)CC(=O)O)c1OC. The maximum Gasteiger partial charge on any atom is 0.305 e. The van der Waals surface area contributed by atoms with Crippen molar-refractivity contribution >= 4 is 5.97 Å². The molecule has 0 aliphatic heterocycles. The van der Waals surface area contributed by atoms with Crippen LogP contribution in [0.1, 0.15) is 19.4 Å². The van der Waals surface area contributed by atoms with Gasteiger partial charge in [-0.05, 0) is 29.5 Å². The Morgan fingerprint density at radius 2 is 2.14 bits per heavy atom. The van der Waals surface area contributed by atoms with Crippen molar-refractivity contribution in [1.82, 2.24) is 20.2 Å². The summed E-state index contributed by atoms with van der Waals surface area (Å²) in [6.07, 6.45) is -0.0790. The first kappa shape index (κ1) is 14.8. The van der Waals surface area contributed by atoms with Gasteiger partial charge in [-0.25, -0.2) is 4.68 Å². The number of carboxylic acids is 1. The minimum Gasteiger partial charge on any atom is -0.493 e. The van der Waals surface area contributed by atoms with Crippen LogP contribution in [0.2, 0.25) is 0 Å². The Balaban J connectivity index is 2.49. The molecule has 0 radical (unpaired) electrons. The summed E-state index contributed by atoms with van der Waals surface area (Å²) in [5.41, 5.74) is 0.638. The lowest BCUT2D eigenvalue weighted by Gasteiger charge is -2.14. The van der Waals surface area contributed by atoms with Crippen molar-refractivity contribution < 1.29 is 19.4 Å². The maximum absolute atomic E-state index is 10.8. The van der Waals surface area contributed by atoms with E-state index in [9.17, 15) is 4.79 Å². The zero-order chi connectivity index (χ0) is 15.4. The topological polar surface area (TPSA) is 99.4 Å². The molecule has 1 heterocycles. The fourth-order valence-corrected chi connectivity index (χ4v) is 2.07. The van der Waals surface area contributed by atoms with Gasteiger partial charge in [-0.3, -0.25) is 4.79 Å². The molecule has 2 aromatic rings. The average Bonchev–Trinajstić information content (AvgIpc) is 2.94. The van der Waals surface area contributed by atoms with E-state index in [0.717, 1.165) is 0 Å². The molecule has 1 N–H and O–H groups in total. The molecule has 0 fully saturated rings. The van der Waals surface area contributed by atoms with E-state index >= 15 is 0 Å². The van der Waals surface area contributed by atoms with Crippen LogP contribution in [0.15, 0.2) is 18.2 Å². The van der Waals surface area contributed by atoms with Gasteiger partial charge in [0.05, 0.1) is 32.2 Å². The van der Waals surface area contributed by atoms with E-state index in [1.807, 2.05) is 0 Å². The van der Waals surface area contributed by atoms with Gasteiger partial charge in [0.1, 0.15) is 0 Å². The summed E-state index contributed by atoms with van der Waals surface area (Å²) in [7, 11) is 3.06. The van der Waals surface area contributed by atoms with Gasteiger partial charge in [-0.2, -0.15) is 0 Å². The van der Waals surface area contributed by atoms with Crippen molar-refractivity contribution in [3.63, 3.8) is 0 Å². The molecule has 1 aromatic heterocycles. The number of carbonyl (C=O) groups is 1. The second-order valence-electron chi connectivity index (χ2n) is 4.44. The van der Waals surface area contributed by atoms with Gasteiger partial charge in [-0.15, -0.1) is 5.10 Å². The molecule has 0 bridgehead atoms. The Morgan fingerprint density at radius 3 is 2.76 bits per heavy atom. The summed E-state index contributed by atoms with van der Waals surface area (Å²) < 4.78 is 12.1. The molecule has 112 valence electrons. The number of hydrogen-bond acceptors (Lipinski definition) is 6. The second-order valence-corrected chi connectivity index (χ2v) is 4.44. The van der Waals surface area contributed by atoms with Gasteiger partial charge < -0.3 is 14.6 Å². The fraction of sp³-hybridized carbons (Fsp3) is 0.385. The number of ether oxygens (including phenoxy) is 2. The summed E-state index contributed by atoms with van der Waals surface area (Å²) in [5, 5.41) is 20.4. The predicted molar refractivity (Wildman–Crippen MR) is 73.3 cm³/mol. The Hall–Kier alpha value is -2.64. The number of hydrogen-bond donors (Lipinski definition) is 1. The van der Waals surface area contributed by atoms with E-state index in [2.05, 4.69) is 15.5 Å². The molecule has 21 heavy (non-hydrogen) atoms. The van der Waals surface area contributed by atoms with Crippen molar-refractivity contribution in [2.45, 2.75) is 19.4 Å². The van der Waals surface area contributed by atoms with Crippen LogP contribution in [-0.4, -0.2) is 45.5 Å². The van der Waals surface area contributed by atoms with E-state index < -0.39 is 5.97 Å². The number of benzene rings is 1. The van der Waals surface area contributed by atoms with Crippen LogP contribution in [0, 0.1) is 0 Å². The Bertz CT molecular complexity index is 641. The highest BCUT2D eigenvalue weighted by atomic mass is 16.5. The van der Waals surface area contributed by atoms with Gasteiger partial charge >= 0.3 is 5.97 Å². The van der Waals surface area contributed by atoms with Gasteiger partial charge in [0.25, 0.3) is 0 Å². The maximum atomic E-state index is 10.8. The van der Waals surface area contributed by atoms with E-state index in [0.29, 0.717) is 22.9 Å². The number of para-hydroxylation sites is 1. The third kappa shape index (κ3) is 2.93. The molecule has 0 saturated carbocycles. The molecule has 1 atom stereocenters. The van der Waals surface area contributed by atoms with Crippen molar-refractivity contribution in [1.29, 1.82) is 0 Å². The smallest absolute Gasteiger partial charge is 0.305 e. The molecule has 0 aliphatic carbocycles. The van der Waals surface area contributed by atoms with Crippen LogP contribution in [0.25, 0.3) is 11.4 Å². The van der Waals surface area contributed by atoms with Gasteiger partial charge in [0, 0.05) is 0 Å². The van der Waals surface area contributed by atoms with Gasteiger partial charge in [-0.1, -0.05) is 6.07 Å². The summed E-state index contributed by atoms with van der Waals surface area (Å²) in [5.74, 6) is 0.565. The van der Waals surface area contributed by atoms with Crippen LogP contribution >= 0.6 is 0 Å². The monoisotopic (exact) mass is 292 g/mol. The molecular weight excluding hydrogens is 276 g/mol. The molecule has 0 spiro atoms. The molecular formula is C13H16N4O4. The fourth-order valence-electron chi connectivity index (χ4n) is 2.07. The van der Waals surface area contributed by atoms with E-state index in [1.165, 1.54) is 18.9 Å². The Morgan fingerprint density at radius 1 is 1.38 bits per heavy atom. The number of rotatable bonds is 6. The number of aromatic nitrogens is 4. The standard InChI is InChI=1S/C13H16N4O4/c1-8(7-11(18)19)17-13(14-15-16-17)9-5-4-6-10(20-2)12(9)21-3/h4-6,8H,7H2,1-3H3,(H,18,19). The Kier molecular flexibility index (Phi) is 4.36. The van der Waals surface area contributed by atoms with Crippen LogP contribution in [-0.2, 0) is 4.79 Å². The lowest BCUT2D eigenvalue weighted by atomic mass is 10.1. The van der Waals surface area contributed by atoms with Crippen LogP contribution in [0.5, 0.6) is 11.5 Å². The van der Waals surface area contributed by atoms with Crippen molar-refractivity contribution in [2.24, 2.45) is 0 Å². The quantitative estimate of drug-likeness (QED) is 0.858. The van der Waals surface area contributed by atoms with Crippen molar-refractivity contribution in [2.75, 3.05) is 14.2 Å². The summed E-state index contributed by atoms with van der Waals surface area (Å²) in [6.45, 7) is 1.74. The number of aliphatic carboxylic acids is 1. The Labute approximate surface area is 121 Å². The predicted octanol–water partition coefficient (Wildman–Crippen LogP) is 1.39. The van der Waals surface area contributed by atoms with Crippen LogP contribution < -0.4 is 9.47 Å². The highest BCUT2D eigenvalue weighted by Crippen LogP contribution is 2.37. The molecule has 2 rings (SSSR count).